The van der Waals surface area contributed by atoms with Gasteiger partial charge in [0.15, 0.2) is 0 Å². The van der Waals surface area contributed by atoms with Crippen molar-refractivity contribution in [2.45, 2.75) is 20.8 Å². The largest absolute Gasteiger partial charge is 0.398 e. The van der Waals surface area contributed by atoms with Crippen molar-refractivity contribution in [1.29, 1.82) is 0 Å². The third-order valence-corrected chi connectivity index (χ3v) is 3.01. The van der Waals surface area contributed by atoms with Crippen molar-refractivity contribution >= 4 is 11.4 Å². The molecule has 3 heteroatoms. The van der Waals surface area contributed by atoms with Gasteiger partial charge in [-0.15, -0.1) is 0 Å². The first kappa shape index (κ1) is 12.8. The molecule has 0 aromatic heterocycles. The highest BCUT2D eigenvalue weighted by Gasteiger charge is 2.01. The van der Waals surface area contributed by atoms with Crippen LogP contribution in [0.5, 0.6) is 0 Å². The summed E-state index contributed by atoms with van der Waals surface area (Å²) < 4.78 is 0. The number of nitrogens with two attached hydrogens (primary N) is 1. The molecule has 0 aliphatic rings. The Kier molecular flexibility index (Phi) is 5.12. The van der Waals surface area contributed by atoms with Crippen LogP contribution in [0, 0.1) is 6.92 Å². The van der Waals surface area contributed by atoms with E-state index in [4.69, 9.17) is 5.73 Å². The molecule has 0 spiro atoms. The molecule has 0 atom stereocenters. The van der Waals surface area contributed by atoms with E-state index >= 15 is 0 Å². The van der Waals surface area contributed by atoms with Gasteiger partial charge in [-0.1, -0.05) is 19.9 Å². The van der Waals surface area contributed by atoms with Crippen molar-refractivity contribution in [3.8, 4) is 0 Å². The number of hydrogen-bond acceptors (Lipinski definition) is 3. The first-order valence-electron chi connectivity index (χ1n) is 6.00. The van der Waals surface area contributed by atoms with E-state index in [1.807, 2.05) is 12.1 Å². The Morgan fingerprint density at radius 3 is 2.56 bits per heavy atom. The summed E-state index contributed by atoms with van der Waals surface area (Å²) in [7, 11) is 0. The summed E-state index contributed by atoms with van der Waals surface area (Å²) >= 11 is 0. The van der Waals surface area contributed by atoms with Gasteiger partial charge in [0.1, 0.15) is 0 Å². The second kappa shape index (κ2) is 6.38. The molecule has 16 heavy (non-hydrogen) atoms. The van der Waals surface area contributed by atoms with Gasteiger partial charge in [-0.3, -0.25) is 0 Å². The predicted octanol–water partition coefficient (Wildman–Crippen LogP) is 2.33. The van der Waals surface area contributed by atoms with Crippen LogP contribution in [-0.2, 0) is 0 Å². The fourth-order valence-electron chi connectivity index (χ4n) is 1.73. The lowest BCUT2D eigenvalue weighted by molar-refractivity contribution is 0.316. The number of hydrogen-bond donors (Lipinski definition) is 2. The van der Waals surface area contributed by atoms with Gasteiger partial charge < -0.3 is 16.0 Å². The summed E-state index contributed by atoms with van der Waals surface area (Å²) in [6.45, 7) is 10.7. The van der Waals surface area contributed by atoms with Crippen molar-refractivity contribution in [1.82, 2.24) is 4.90 Å². The van der Waals surface area contributed by atoms with Gasteiger partial charge in [-0.2, -0.15) is 0 Å². The molecular formula is C13H23N3. The Hall–Kier alpha value is -1.22. The summed E-state index contributed by atoms with van der Waals surface area (Å²) in [5.74, 6) is 0. The van der Waals surface area contributed by atoms with Gasteiger partial charge in [0, 0.05) is 24.5 Å². The minimum atomic E-state index is 0.854. The van der Waals surface area contributed by atoms with Gasteiger partial charge in [0.2, 0.25) is 0 Å². The van der Waals surface area contributed by atoms with Gasteiger partial charge in [-0.25, -0.2) is 0 Å². The first-order valence-corrected chi connectivity index (χ1v) is 6.00. The molecule has 0 aliphatic heterocycles. The minimum absolute atomic E-state index is 0.854. The lowest BCUT2D eigenvalue weighted by atomic mass is 10.1. The van der Waals surface area contributed by atoms with E-state index in [2.05, 4.69) is 37.1 Å². The third kappa shape index (κ3) is 3.42. The van der Waals surface area contributed by atoms with Crippen molar-refractivity contribution in [2.75, 3.05) is 37.2 Å². The SMILES string of the molecule is CCN(CC)CCNc1cccc(N)c1C. The Morgan fingerprint density at radius 2 is 1.94 bits per heavy atom. The van der Waals surface area contributed by atoms with Crippen molar-refractivity contribution < 1.29 is 0 Å². The van der Waals surface area contributed by atoms with Crippen LogP contribution >= 0.6 is 0 Å². The maximum atomic E-state index is 5.85. The number of nitrogens with one attached hydrogen (secondary N) is 1. The number of nitrogens with zero attached hydrogens (tertiary/aromatic N) is 1. The maximum Gasteiger partial charge on any atom is 0.0391 e. The van der Waals surface area contributed by atoms with E-state index < -0.39 is 0 Å². The normalized spacial score (nSPS) is 10.8. The monoisotopic (exact) mass is 221 g/mol. The summed E-state index contributed by atoms with van der Waals surface area (Å²) in [5, 5.41) is 3.43. The molecule has 3 nitrogen and oxygen atoms in total. The molecule has 1 aromatic carbocycles. The molecule has 0 radical (unpaired) electrons. The van der Waals surface area contributed by atoms with Crippen LogP contribution in [0.15, 0.2) is 18.2 Å². The fourth-order valence-corrected chi connectivity index (χ4v) is 1.73. The van der Waals surface area contributed by atoms with Crippen molar-refractivity contribution in [2.24, 2.45) is 0 Å². The number of benzene rings is 1. The number of likely N-dealkylation sites (N-methyl/N-ethyl adjacent to an activating group) is 1. The highest BCUT2D eigenvalue weighted by molar-refractivity contribution is 5.62. The van der Waals surface area contributed by atoms with Gasteiger partial charge >= 0.3 is 0 Å². The zero-order valence-corrected chi connectivity index (χ0v) is 10.6. The van der Waals surface area contributed by atoms with E-state index in [0.29, 0.717) is 0 Å². The second-order valence-corrected chi connectivity index (χ2v) is 3.97. The van der Waals surface area contributed by atoms with Gasteiger partial charge in [0.05, 0.1) is 0 Å². The standard InChI is InChI=1S/C13H23N3/c1-4-16(5-2)10-9-15-13-8-6-7-12(14)11(13)3/h6-8,15H,4-5,9-10,14H2,1-3H3. The average molecular weight is 221 g/mol. The number of anilines is 2. The van der Waals surface area contributed by atoms with Crippen molar-refractivity contribution in [3.63, 3.8) is 0 Å². The Balaban J connectivity index is 2.46. The molecule has 1 aromatic rings. The van der Waals surface area contributed by atoms with Crippen LogP contribution in [-0.4, -0.2) is 31.1 Å². The Labute approximate surface area is 98.6 Å². The predicted molar refractivity (Wildman–Crippen MR) is 71.9 cm³/mol. The highest BCUT2D eigenvalue weighted by Crippen LogP contribution is 2.19. The summed E-state index contributed by atoms with van der Waals surface area (Å²) in [6, 6.07) is 6.00. The molecule has 0 fully saturated rings. The lowest BCUT2D eigenvalue weighted by Gasteiger charge is -2.19. The van der Waals surface area contributed by atoms with E-state index in [9.17, 15) is 0 Å². The molecule has 0 saturated carbocycles. The molecule has 90 valence electrons. The second-order valence-electron chi connectivity index (χ2n) is 3.97. The molecule has 3 N–H and O–H groups in total. The van der Waals surface area contributed by atoms with E-state index in [0.717, 1.165) is 43.1 Å². The van der Waals surface area contributed by atoms with E-state index in [1.165, 1.54) is 0 Å². The van der Waals surface area contributed by atoms with Crippen molar-refractivity contribution in [3.05, 3.63) is 23.8 Å². The van der Waals surface area contributed by atoms with Gasteiger partial charge in [-0.05, 0) is 37.7 Å². The van der Waals surface area contributed by atoms with E-state index in [-0.39, 0.29) is 0 Å². The van der Waals surface area contributed by atoms with Crippen LogP contribution in [0.3, 0.4) is 0 Å². The molecule has 0 heterocycles. The van der Waals surface area contributed by atoms with Crippen LogP contribution in [0.25, 0.3) is 0 Å². The summed E-state index contributed by atoms with van der Waals surface area (Å²) in [5.41, 5.74) is 8.99. The highest BCUT2D eigenvalue weighted by atomic mass is 15.1. The number of rotatable bonds is 6. The summed E-state index contributed by atoms with van der Waals surface area (Å²) in [6.07, 6.45) is 0. The lowest BCUT2D eigenvalue weighted by Crippen LogP contribution is -2.28. The topological polar surface area (TPSA) is 41.3 Å². The minimum Gasteiger partial charge on any atom is -0.398 e. The number of nitrogen functional groups attached to an aromatic ring is 1. The van der Waals surface area contributed by atoms with Crippen LogP contribution in [0.1, 0.15) is 19.4 Å². The molecule has 0 amide bonds. The quantitative estimate of drug-likeness (QED) is 0.724. The molecule has 0 aliphatic carbocycles. The molecule has 1 rings (SSSR count). The van der Waals surface area contributed by atoms with Crippen LogP contribution < -0.4 is 11.1 Å². The average Bonchev–Trinajstić information content (AvgIpc) is 2.30. The van der Waals surface area contributed by atoms with Gasteiger partial charge in [0.25, 0.3) is 0 Å². The zero-order chi connectivity index (χ0) is 12.0. The molecule has 0 unspecified atom stereocenters. The maximum absolute atomic E-state index is 5.85. The Morgan fingerprint density at radius 1 is 1.25 bits per heavy atom. The zero-order valence-electron chi connectivity index (χ0n) is 10.6. The van der Waals surface area contributed by atoms with E-state index in [1.54, 1.807) is 0 Å². The fraction of sp³-hybridized carbons (Fsp3) is 0.538. The molecule has 0 saturated heterocycles. The first-order chi connectivity index (χ1) is 7.69. The molecular weight excluding hydrogens is 198 g/mol. The summed E-state index contributed by atoms with van der Waals surface area (Å²) in [4.78, 5) is 2.40. The van der Waals surface area contributed by atoms with Crippen LogP contribution in [0.2, 0.25) is 0 Å². The molecule has 0 bridgehead atoms. The third-order valence-electron chi connectivity index (χ3n) is 3.01. The van der Waals surface area contributed by atoms with Crippen LogP contribution in [0.4, 0.5) is 11.4 Å². The Bertz CT molecular complexity index is 319. The smallest absolute Gasteiger partial charge is 0.0391 e.